The molecule has 1 heterocycles. The van der Waals surface area contributed by atoms with E-state index in [1.807, 2.05) is 0 Å². The second-order valence-electron chi connectivity index (χ2n) is 13.3. The molecule has 1 aliphatic rings. The molecule has 0 aliphatic heterocycles. The van der Waals surface area contributed by atoms with Crippen LogP contribution in [0, 0.1) is 0 Å². The summed E-state index contributed by atoms with van der Waals surface area (Å²) in [6, 6.07) is 58.9. The third kappa shape index (κ3) is 4.48. The fraction of sp³-hybridized carbons (Fsp3) is 0.0870. The van der Waals surface area contributed by atoms with Gasteiger partial charge in [0.1, 0.15) is 5.58 Å². The van der Waals surface area contributed by atoms with Crippen molar-refractivity contribution >= 4 is 39.0 Å². The van der Waals surface area contributed by atoms with Gasteiger partial charge in [0, 0.05) is 33.9 Å². The topological polar surface area (TPSA) is 16.4 Å². The fourth-order valence-electron chi connectivity index (χ4n) is 7.84. The van der Waals surface area contributed by atoms with Crippen LogP contribution in [0.25, 0.3) is 44.2 Å². The van der Waals surface area contributed by atoms with Gasteiger partial charge in [-0.25, -0.2) is 0 Å². The van der Waals surface area contributed by atoms with E-state index in [4.69, 9.17) is 4.42 Å². The van der Waals surface area contributed by atoms with Crippen molar-refractivity contribution in [3.63, 3.8) is 0 Å². The zero-order valence-corrected chi connectivity index (χ0v) is 27.2. The smallest absolute Gasteiger partial charge is 0.159 e. The van der Waals surface area contributed by atoms with Gasteiger partial charge in [-0.15, -0.1) is 0 Å². The van der Waals surface area contributed by atoms with Crippen LogP contribution in [-0.4, -0.2) is 0 Å². The molecule has 230 valence electrons. The quantitative estimate of drug-likeness (QED) is 0.191. The first-order chi connectivity index (χ1) is 23.6. The van der Waals surface area contributed by atoms with E-state index in [9.17, 15) is 0 Å². The molecule has 0 N–H and O–H groups in total. The maximum absolute atomic E-state index is 6.99. The Labute approximate surface area is 281 Å². The SMILES string of the molecule is CC1(C)c2ccccc2Cc2c(N(c3ccc(-c4ccccc4)cc3)c3cccc4c3oc3c(-c5ccccc5)cccc34)cccc21. The van der Waals surface area contributed by atoms with Crippen LogP contribution in [-0.2, 0) is 11.8 Å². The van der Waals surface area contributed by atoms with Gasteiger partial charge >= 0.3 is 0 Å². The second-order valence-corrected chi connectivity index (χ2v) is 13.3. The molecule has 48 heavy (non-hydrogen) atoms. The van der Waals surface area contributed by atoms with Crippen molar-refractivity contribution in [1.29, 1.82) is 0 Å². The minimum atomic E-state index is -0.126. The Morgan fingerprint density at radius 2 is 1.06 bits per heavy atom. The number of para-hydroxylation sites is 2. The van der Waals surface area contributed by atoms with Gasteiger partial charge in [-0.05, 0) is 63.2 Å². The Bertz CT molecular complexity index is 2440. The highest BCUT2D eigenvalue weighted by atomic mass is 16.3. The molecule has 8 aromatic rings. The average Bonchev–Trinajstić information content (AvgIpc) is 3.53. The molecule has 0 bridgehead atoms. The molecule has 0 amide bonds. The normalized spacial score (nSPS) is 13.3. The van der Waals surface area contributed by atoms with E-state index in [1.165, 1.54) is 39.1 Å². The lowest BCUT2D eigenvalue weighted by Gasteiger charge is -2.38. The Morgan fingerprint density at radius 1 is 0.479 bits per heavy atom. The second kappa shape index (κ2) is 11.1. The van der Waals surface area contributed by atoms with Gasteiger partial charge in [0.05, 0.1) is 11.4 Å². The minimum Gasteiger partial charge on any atom is -0.453 e. The monoisotopic (exact) mass is 617 g/mol. The number of hydrogen-bond acceptors (Lipinski definition) is 2. The Hall–Kier alpha value is -5.86. The van der Waals surface area contributed by atoms with Gasteiger partial charge in [0.15, 0.2) is 5.58 Å². The molecule has 0 fully saturated rings. The van der Waals surface area contributed by atoms with Crippen LogP contribution in [0.15, 0.2) is 168 Å². The van der Waals surface area contributed by atoms with Crippen molar-refractivity contribution in [2.24, 2.45) is 0 Å². The molecular formula is C46H35NO. The van der Waals surface area contributed by atoms with Crippen molar-refractivity contribution in [3.05, 3.63) is 186 Å². The zero-order valence-electron chi connectivity index (χ0n) is 27.2. The highest BCUT2D eigenvalue weighted by Gasteiger charge is 2.35. The molecule has 1 aromatic heterocycles. The third-order valence-corrected chi connectivity index (χ3v) is 10.2. The van der Waals surface area contributed by atoms with E-state index in [0.29, 0.717) is 0 Å². The summed E-state index contributed by atoms with van der Waals surface area (Å²) in [4.78, 5) is 2.42. The summed E-state index contributed by atoms with van der Waals surface area (Å²) in [7, 11) is 0. The number of rotatable bonds is 5. The van der Waals surface area contributed by atoms with Gasteiger partial charge in [0.2, 0.25) is 0 Å². The van der Waals surface area contributed by atoms with Crippen molar-refractivity contribution in [3.8, 4) is 22.3 Å². The van der Waals surface area contributed by atoms with Gasteiger partial charge in [-0.3, -0.25) is 0 Å². The molecule has 0 spiro atoms. The summed E-state index contributed by atoms with van der Waals surface area (Å²) in [5.74, 6) is 0. The number of nitrogens with zero attached hydrogens (tertiary/aromatic N) is 1. The van der Waals surface area contributed by atoms with Gasteiger partial charge < -0.3 is 9.32 Å². The number of fused-ring (bicyclic) bond motifs is 5. The van der Waals surface area contributed by atoms with Gasteiger partial charge in [-0.2, -0.15) is 0 Å². The predicted molar refractivity (Wildman–Crippen MR) is 201 cm³/mol. The first-order valence-corrected chi connectivity index (χ1v) is 16.7. The largest absolute Gasteiger partial charge is 0.453 e. The lowest BCUT2D eigenvalue weighted by Crippen LogP contribution is -2.28. The Kier molecular flexibility index (Phi) is 6.58. The Balaban J connectivity index is 1.29. The van der Waals surface area contributed by atoms with Crippen molar-refractivity contribution in [2.75, 3.05) is 4.90 Å². The molecule has 0 atom stereocenters. The average molecular weight is 618 g/mol. The van der Waals surface area contributed by atoms with E-state index in [-0.39, 0.29) is 5.41 Å². The molecular weight excluding hydrogens is 583 g/mol. The van der Waals surface area contributed by atoms with Gasteiger partial charge in [0.25, 0.3) is 0 Å². The highest BCUT2D eigenvalue weighted by Crippen LogP contribution is 2.49. The molecule has 1 aliphatic carbocycles. The van der Waals surface area contributed by atoms with E-state index in [1.54, 1.807) is 0 Å². The first kappa shape index (κ1) is 28.4. The summed E-state index contributed by atoms with van der Waals surface area (Å²) in [5.41, 5.74) is 15.1. The van der Waals surface area contributed by atoms with Crippen LogP contribution < -0.4 is 4.90 Å². The summed E-state index contributed by atoms with van der Waals surface area (Å²) < 4.78 is 6.99. The summed E-state index contributed by atoms with van der Waals surface area (Å²) in [5, 5.41) is 2.24. The van der Waals surface area contributed by atoms with Crippen molar-refractivity contribution < 1.29 is 4.42 Å². The molecule has 2 heteroatoms. The molecule has 0 saturated carbocycles. The van der Waals surface area contributed by atoms with Crippen LogP contribution in [0.2, 0.25) is 0 Å². The van der Waals surface area contributed by atoms with Crippen LogP contribution in [0.5, 0.6) is 0 Å². The lowest BCUT2D eigenvalue weighted by molar-refractivity contribution is 0.611. The van der Waals surface area contributed by atoms with Crippen LogP contribution in [0.3, 0.4) is 0 Å². The molecule has 0 radical (unpaired) electrons. The lowest BCUT2D eigenvalue weighted by atomic mass is 9.68. The molecule has 2 nitrogen and oxygen atoms in total. The fourth-order valence-corrected chi connectivity index (χ4v) is 7.84. The number of furan rings is 1. The summed E-state index contributed by atoms with van der Waals surface area (Å²) in [6.07, 6.45) is 0.873. The standard InChI is InChI=1S/C46H35NO/c1-46(2)40-22-10-9-18-34(40)30-39-41(46)23-13-24-42(39)47(35-28-26-32(27-29-35)31-14-5-3-6-15-31)43-25-12-21-38-37-20-11-19-36(44(37)48-45(38)43)33-16-7-4-8-17-33/h3-29H,30H2,1-2H3. The van der Waals surface area contributed by atoms with E-state index < -0.39 is 0 Å². The van der Waals surface area contributed by atoms with Crippen molar-refractivity contribution in [2.45, 2.75) is 25.7 Å². The minimum absolute atomic E-state index is 0.126. The summed E-state index contributed by atoms with van der Waals surface area (Å²) >= 11 is 0. The molecule has 9 rings (SSSR count). The molecule has 0 saturated heterocycles. The summed E-state index contributed by atoms with van der Waals surface area (Å²) in [6.45, 7) is 4.72. The van der Waals surface area contributed by atoms with E-state index in [2.05, 4.69) is 183 Å². The van der Waals surface area contributed by atoms with Crippen LogP contribution >= 0.6 is 0 Å². The zero-order chi connectivity index (χ0) is 32.2. The van der Waals surface area contributed by atoms with Crippen molar-refractivity contribution in [1.82, 2.24) is 0 Å². The number of hydrogen-bond donors (Lipinski definition) is 0. The Morgan fingerprint density at radius 3 is 1.83 bits per heavy atom. The molecule has 7 aromatic carbocycles. The van der Waals surface area contributed by atoms with Gasteiger partial charge in [-0.1, -0.05) is 153 Å². The maximum Gasteiger partial charge on any atom is 0.159 e. The van der Waals surface area contributed by atoms with E-state index in [0.717, 1.165) is 50.9 Å². The van der Waals surface area contributed by atoms with E-state index >= 15 is 0 Å². The number of benzene rings is 7. The predicted octanol–water partition coefficient (Wildman–Crippen LogP) is 12.6. The maximum atomic E-state index is 6.99. The highest BCUT2D eigenvalue weighted by molar-refractivity contribution is 6.13. The third-order valence-electron chi connectivity index (χ3n) is 10.2. The van der Waals surface area contributed by atoms with Crippen LogP contribution in [0.4, 0.5) is 17.1 Å². The number of anilines is 3. The first-order valence-electron chi connectivity index (χ1n) is 16.7. The molecule has 0 unspecified atom stereocenters. The van der Waals surface area contributed by atoms with Crippen LogP contribution in [0.1, 0.15) is 36.1 Å².